The van der Waals surface area contributed by atoms with Crippen LogP contribution in [0.4, 0.5) is 0 Å². The Labute approximate surface area is 178 Å². The van der Waals surface area contributed by atoms with E-state index in [1.165, 1.54) is 18.4 Å². The van der Waals surface area contributed by atoms with Crippen molar-refractivity contribution in [1.29, 1.82) is 0 Å². The highest BCUT2D eigenvalue weighted by molar-refractivity contribution is 9.10. The molecule has 0 bridgehead atoms. The minimum atomic E-state index is -0.471. The lowest BCUT2D eigenvalue weighted by Crippen LogP contribution is -2.23. The van der Waals surface area contributed by atoms with Crippen molar-refractivity contribution in [2.75, 3.05) is 13.7 Å². The first kappa shape index (κ1) is 20.9. The lowest BCUT2D eigenvalue weighted by atomic mass is 10.2. The van der Waals surface area contributed by atoms with Crippen LogP contribution in [0, 0.1) is 0 Å². The van der Waals surface area contributed by atoms with Crippen LogP contribution >= 0.6 is 27.3 Å². The second-order valence-electron chi connectivity index (χ2n) is 5.88. The van der Waals surface area contributed by atoms with Crippen molar-refractivity contribution in [1.82, 2.24) is 4.57 Å². The van der Waals surface area contributed by atoms with E-state index < -0.39 is 17.8 Å². The molecular formula is C20H17BrN2O5S. The van der Waals surface area contributed by atoms with Gasteiger partial charge in [-0.1, -0.05) is 33.3 Å². The number of carbonyl (C=O) groups is 3. The van der Waals surface area contributed by atoms with Crippen molar-refractivity contribution >= 4 is 55.3 Å². The van der Waals surface area contributed by atoms with Gasteiger partial charge < -0.3 is 14.0 Å². The van der Waals surface area contributed by atoms with E-state index in [1.807, 2.05) is 6.07 Å². The van der Waals surface area contributed by atoms with E-state index in [4.69, 9.17) is 9.47 Å². The van der Waals surface area contributed by atoms with Gasteiger partial charge in [-0.25, -0.2) is 4.79 Å². The average Bonchev–Trinajstić information content (AvgIpc) is 3.03. The maximum Gasteiger partial charge on any atom is 0.337 e. The van der Waals surface area contributed by atoms with Gasteiger partial charge in [-0.15, -0.1) is 0 Å². The predicted molar refractivity (Wildman–Crippen MR) is 112 cm³/mol. The summed E-state index contributed by atoms with van der Waals surface area (Å²) in [6.07, 6.45) is 0. The van der Waals surface area contributed by atoms with Crippen LogP contribution in [0.25, 0.3) is 10.2 Å². The molecule has 1 amide bonds. The van der Waals surface area contributed by atoms with Gasteiger partial charge in [-0.05, 0) is 43.3 Å². The molecule has 3 aromatic rings. The fourth-order valence-electron chi connectivity index (χ4n) is 2.66. The molecule has 1 heterocycles. The summed E-state index contributed by atoms with van der Waals surface area (Å²) in [5.74, 6) is -1.36. The van der Waals surface area contributed by atoms with E-state index >= 15 is 0 Å². The van der Waals surface area contributed by atoms with Gasteiger partial charge in [-0.2, -0.15) is 4.99 Å². The number of hydrogen-bond donors (Lipinski definition) is 0. The van der Waals surface area contributed by atoms with Gasteiger partial charge in [0.1, 0.15) is 6.54 Å². The number of hydrogen-bond acceptors (Lipinski definition) is 6. The summed E-state index contributed by atoms with van der Waals surface area (Å²) in [5, 5.41) is 0. The molecule has 0 aliphatic rings. The van der Waals surface area contributed by atoms with Crippen LogP contribution in [0.5, 0.6) is 0 Å². The summed E-state index contributed by atoms with van der Waals surface area (Å²) < 4.78 is 12.9. The fourth-order valence-corrected chi connectivity index (χ4v) is 4.13. The number of rotatable bonds is 5. The van der Waals surface area contributed by atoms with Crippen molar-refractivity contribution < 1.29 is 23.9 Å². The molecule has 0 N–H and O–H groups in total. The molecule has 0 radical (unpaired) electrons. The highest BCUT2D eigenvalue weighted by Crippen LogP contribution is 2.20. The Kier molecular flexibility index (Phi) is 6.60. The van der Waals surface area contributed by atoms with E-state index in [1.54, 1.807) is 47.9 Å². The zero-order chi connectivity index (χ0) is 21.0. The summed E-state index contributed by atoms with van der Waals surface area (Å²) >= 11 is 4.54. The number of ether oxygens (including phenoxy) is 2. The molecule has 1 aromatic heterocycles. The summed E-state index contributed by atoms with van der Waals surface area (Å²) in [5.41, 5.74) is 1.45. The van der Waals surface area contributed by atoms with Crippen LogP contribution in [-0.2, 0) is 20.8 Å². The third-order valence-electron chi connectivity index (χ3n) is 3.97. The highest BCUT2D eigenvalue weighted by Gasteiger charge is 2.15. The van der Waals surface area contributed by atoms with Crippen LogP contribution in [0.1, 0.15) is 27.6 Å². The lowest BCUT2D eigenvalue weighted by molar-refractivity contribution is -0.143. The smallest absolute Gasteiger partial charge is 0.337 e. The number of amides is 1. The molecule has 0 atom stereocenters. The first-order valence-corrected chi connectivity index (χ1v) is 10.3. The number of aromatic nitrogens is 1. The Bertz CT molecular complexity index is 1170. The van der Waals surface area contributed by atoms with Crippen molar-refractivity contribution in [3.63, 3.8) is 0 Å². The third-order valence-corrected chi connectivity index (χ3v) is 5.50. The monoisotopic (exact) mass is 476 g/mol. The topological polar surface area (TPSA) is 87.0 Å². The number of carbonyl (C=O) groups excluding carboxylic acids is 3. The first-order chi connectivity index (χ1) is 13.9. The summed E-state index contributed by atoms with van der Waals surface area (Å²) in [6.45, 7) is 1.87. The molecule has 9 heteroatoms. The molecule has 29 heavy (non-hydrogen) atoms. The van der Waals surface area contributed by atoms with Gasteiger partial charge >= 0.3 is 11.9 Å². The predicted octanol–water partition coefficient (Wildman–Crippen LogP) is 3.56. The second kappa shape index (κ2) is 9.15. The van der Waals surface area contributed by atoms with Crippen molar-refractivity contribution in [2.45, 2.75) is 13.5 Å². The number of esters is 2. The van der Waals surface area contributed by atoms with Gasteiger partial charge in [0.2, 0.25) is 0 Å². The molecule has 0 fully saturated rings. The zero-order valence-corrected chi connectivity index (χ0v) is 18.1. The van der Waals surface area contributed by atoms with Crippen molar-refractivity contribution in [3.05, 3.63) is 62.9 Å². The molecule has 0 spiro atoms. The second-order valence-corrected chi connectivity index (χ2v) is 7.80. The van der Waals surface area contributed by atoms with Crippen molar-refractivity contribution in [2.24, 2.45) is 4.99 Å². The third kappa shape index (κ3) is 4.80. The SMILES string of the molecule is CCOC(=O)Cn1c(=NC(=O)c2cccc(Br)c2)sc2cc(C(=O)OC)ccc21. The Balaban J connectivity index is 2.13. The van der Waals surface area contributed by atoms with Gasteiger partial charge in [0.05, 0.1) is 29.5 Å². The normalized spacial score (nSPS) is 11.5. The van der Waals surface area contributed by atoms with Crippen LogP contribution in [0.15, 0.2) is 51.9 Å². The van der Waals surface area contributed by atoms with Crippen LogP contribution in [0.2, 0.25) is 0 Å². The van der Waals surface area contributed by atoms with Crippen molar-refractivity contribution in [3.8, 4) is 0 Å². The molecular weight excluding hydrogens is 460 g/mol. The van der Waals surface area contributed by atoms with E-state index in [0.717, 1.165) is 4.47 Å². The Morgan fingerprint density at radius 3 is 2.62 bits per heavy atom. The standard InChI is InChI=1S/C20H17BrN2O5S/c1-3-28-17(24)11-23-15-8-7-13(19(26)27-2)10-16(15)29-20(23)22-18(25)12-5-4-6-14(21)9-12/h4-10H,3,11H2,1-2H3. The van der Waals surface area contributed by atoms with Crippen LogP contribution < -0.4 is 4.80 Å². The maximum atomic E-state index is 12.6. The molecule has 3 rings (SSSR count). The maximum absolute atomic E-state index is 12.6. The van der Waals surface area contributed by atoms with Crippen LogP contribution in [-0.4, -0.2) is 36.1 Å². The number of thiazole rings is 1. The average molecular weight is 477 g/mol. The fraction of sp³-hybridized carbons (Fsp3) is 0.200. The summed E-state index contributed by atoms with van der Waals surface area (Å²) in [4.78, 5) is 41.1. The Hall–Kier alpha value is -2.78. The highest BCUT2D eigenvalue weighted by atomic mass is 79.9. The number of benzene rings is 2. The molecule has 0 aliphatic carbocycles. The first-order valence-electron chi connectivity index (χ1n) is 8.65. The van der Waals surface area contributed by atoms with E-state index in [9.17, 15) is 14.4 Å². The Morgan fingerprint density at radius 2 is 1.93 bits per heavy atom. The van der Waals surface area contributed by atoms with E-state index in [0.29, 0.717) is 26.1 Å². The number of methoxy groups -OCH3 is 1. The lowest BCUT2D eigenvalue weighted by Gasteiger charge is -2.05. The molecule has 0 aliphatic heterocycles. The largest absolute Gasteiger partial charge is 0.465 e. The van der Waals surface area contributed by atoms with Gasteiger partial charge in [0.25, 0.3) is 5.91 Å². The minimum Gasteiger partial charge on any atom is -0.465 e. The molecule has 2 aromatic carbocycles. The molecule has 0 saturated heterocycles. The quantitative estimate of drug-likeness (QED) is 0.525. The zero-order valence-electron chi connectivity index (χ0n) is 15.7. The van der Waals surface area contributed by atoms with Gasteiger partial charge in [0, 0.05) is 10.0 Å². The van der Waals surface area contributed by atoms with Gasteiger partial charge in [0.15, 0.2) is 4.80 Å². The van der Waals surface area contributed by atoms with E-state index in [2.05, 4.69) is 20.9 Å². The number of nitrogens with zero attached hydrogens (tertiary/aromatic N) is 2. The summed E-state index contributed by atoms with van der Waals surface area (Å²) in [7, 11) is 1.30. The Morgan fingerprint density at radius 1 is 1.14 bits per heavy atom. The van der Waals surface area contributed by atoms with E-state index in [-0.39, 0.29) is 13.2 Å². The molecule has 0 unspecified atom stereocenters. The number of fused-ring (bicyclic) bond motifs is 1. The summed E-state index contributed by atoms with van der Waals surface area (Å²) in [6, 6.07) is 11.8. The molecule has 0 saturated carbocycles. The number of halogens is 1. The molecule has 150 valence electrons. The minimum absolute atomic E-state index is 0.101. The molecule has 7 nitrogen and oxygen atoms in total. The van der Waals surface area contributed by atoms with Gasteiger partial charge in [-0.3, -0.25) is 9.59 Å². The van der Waals surface area contributed by atoms with Crippen LogP contribution in [0.3, 0.4) is 0 Å².